The predicted octanol–water partition coefficient (Wildman–Crippen LogP) is 2.71. The maximum absolute atomic E-state index is 9.04. The van der Waals surface area contributed by atoms with Crippen molar-refractivity contribution in [1.82, 2.24) is 0 Å². The average molecular weight is 180 g/mol. The first-order chi connectivity index (χ1) is 6.22. The summed E-state index contributed by atoms with van der Waals surface area (Å²) in [6.07, 6.45) is 1.33. The molecule has 1 N–H and O–H groups in total. The first kappa shape index (κ1) is 10.1. The van der Waals surface area contributed by atoms with E-state index < -0.39 is 0 Å². The molecule has 2 heteroatoms. The second-order valence-corrected chi connectivity index (χ2v) is 3.20. The number of rotatable bonds is 4. The summed E-state index contributed by atoms with van der Waals surface area (Å²) in [7, 11) is 0. The first-order valence-corrected chi connectivity index (χ1v) is 4.62. The molecule has 72 valence electrons. The second-order valence-electron chi connectivity index (χ2n) is 3.20. The highest BCUT2D eigenvalue weighted by Crippen LogP contribution is 2.11. The van der Waals surface area contributed by atoms with Crippen molar-refractivity contribution in [2.45, 2.75) is 33.0 Å². The number of benzene rings is 1. The topological polar surface area (TPSA) is 29.5 Å². The zero-order valence-corrected chi connectivity index (χ0v) is 8.16. The molecule has 0 radical (unpaired) electrons. The summed E-state index contributed by atoms with van der Waals surface area (Å²) in [6, 6.07) is 7.10. The van der Waals surface area contributed by atoms with Gasteiger partial charge in [0, 0.05) is 0 Å². The number of aromatic hydroxyl groups is 1. The fraction of sp³-hybridized carbons (Fsp3) is 0.455. The summed E-state index contributed by atoms with van der Waals surface area (Å²) in [5.74, 6) is 0.298. The van der Waals surface area contributed by atoms with E-state index in [1.54, 1.807) is 12.1 Å². The van der Waals surface area contributed by atoms with Crippen molar-refractivity contribution < 1.29 is 9.84 Å². The molecule has 1 aromatic carbocycles. The van der Waals surface area contributed by atoms with Crippen LogP contribution >= 0.6 is 0 Å². The third-order valence-electron chi connectivity index (χ3n) is 2.05. The molecule has 1 rings (SSSR count). The Balaban J connectivity index is 2.41. The summed E-state index contributed by atoms with van der Waals surface area (Å²) >= 11 is 0. The van der Waals surface area contributed by atoms with E-state index in [9.17, 15) is 0 Å². The van der Waals surface area contributed by atoms with Crippen molar-refractivity contribution in [2.24, 2.45) is 0 Å². The van der Waals surface area contributed by atoms with Gasteiger partial charge in [-0.25, -0.2) is 0 Å². The Morgan fingerprint density at radius 1 is 1.31 bits per heavy atom. The van der Waals surface area contributed by atoms with Crippen LogP contribution in [0.2, 0.25) is 0 Å². The van der Waals surface area contributed by atoms with Gasteiger partial charge in [0.05, 0.1) is 12.7 Å². The maximum atomic E-state index is 9.04. The van der Waals surface area contributed by atoms with Gasteiger partial charge < -0.3 is 9.84 Å². The quantitative estimate of drug-likeness (QED) is 0.772. The van der Waals surface area contributed by atoms with Crippen LogP contribution < -0.4 is 0 Å². The third-order valence-corrected chi connectivity index (χ3v) is 2.05. The number of ether oxygens (including phenoxy) is 1. The highest BCUT2D eigenvalue weighted by molar-refractivity contribution is 5.25. The van der Waals surface area contributed by atoms with Crippen LogP contribution in [-0.4, -0.2) is 11.2 Å². The van der Waals surface area contributed by atoms with Crippen LogP contribution in [0.15, 0.2) is 24.3 Å². The standard InChI is InChI=1S/C11H16O2/c1-3-9(2)13-8-10-4-6-11(12)7-5-10/h4-7,9,12H,3,8H2,1-2H3. The molecule has 0 aliphatic heterocycles. The van der Waals surface area contributed by atoms with E-state index in [1.165, 1.54) is 0 Å². The van der Waals surface area contributed by atoms with Gasteiger partial charge in [-0.15, -0.1) is 0 Å². The minimum atomic E-state index is 0.298. The lowest BCUT2D eigenvalue weighted by Crippen LogP contribution is -2.05. The highest BCUT2D eigenvalue weighted by Gasteiger charge is 1.98. The van der Waals surface area contributed by atoms with E-state index in [0.717, 1.165) is 12.0 Å². The Hall–Kier alpha value is -1.02. The predicted molar refractivity (Wildman–Crippen MR) is 52.6 cm³/mol. The molecule has 1 aromatic rings. The van der Waals surface area contributed by atoms with E-state index >= 15 is 0 Å². The van der Waals surface area contributed by atoms with Crippen molar-refractivity contribution in [3.8, 4) is 5.75 Å². The summed E-state index contributed by atoms with van der Waals surface area (Å²) in [6.45, 7) is 4.77. The van der Waals surface area contributed by atoms with Crippen LogP contribution in [0.1, 0.15) is 25.8 Å². The summed E-state index contributed by atoms with van der Waals surface area (Å²) in [4.78, 5) is 0. The van der Waals surface area contributed by atoms with Gasteiger partial charge in [0.15, 0.2) is 0 Å². The molecule has 0 heterocycles. The van der Waals surface area contributed by atoms with Gasteiger partial charge >= 0.3 is 0 Å². The number of phenolic OH excluding ortho intramolecular Hbond substituents is 1. The van der Waals surface area contributed by atoms with E-state index in [-0.39, 0.29) is 0 Å². The number of hydrogen-bond acceptors (Lipinski definition) is 2. The molecule has 0 saturated carbocycles. The summed E-state index contributed by atoms with van der Waals surface area (Å²) in [5, 5.41) is 9.04. The van der Waals surface area contributed by atoms with Gasteiger partial charge in [-0.3, -0.25) is 0 Å². The molecule has 1 atom stereocenters. The molecule has 0 fully saturated rings. The summed E-state index contributed by atoms with van der Waals surface area (Å²) < 4.78 is 5.54. The van der Waals surface area contributed by atoms with E-state index in [1.807, 2.05) is 12.1 Å². The van der Waals surface area contributed by atoms with Gasteiger partial charge in [-0.2, -0.15) is 0 Å². The smallest absolute Gasteiger partial charge is 0.115 e. The van der Waals surface area contributed by atoms with Crippen LogP contribution in [0, 0.1) is 0 Å². The van der Waals surface area contributed by atoms with Gasteiger partial charge in [0.2, 0.25) is 0 Å². The van der Waals surface area contributed by atoms with Crippen LogP contribution in [0.4, 0.5) is 0 Å². The van der Waals surface area contributed by atoms with Crippen molar-refractivity contribution >= 4 is 0 Å². The van der Waals surface area contributed by atoms with Crippen LogP contribution in [0.5, 0.6) is 5.75 Å². The molecular weight excluding hydrogens is 164 g/mol. The average Bonchev–Trinajstić information content (AvgIpc) is 2.16. The third kappa shape index (κ3) is 3.47. The highest BCUT2D eigenvalue weighted by atomic mass is 16.5. The van der Waals surface area contributed by atoms with E-state index in [2.05, 4.69) is 13.8 Å². The Bertz CT molecular complexity index is 241. The molecule has 0 saturated heterocycles. The van der Waals surface area contributed by atoms with Gasteiger partial charge in [-0.05, 0) is 31.0 Å². The molecule has 0 bridgehead atoms. The minimum absolute atomic E-state index is 0.298. The second kappa shape index (κ2) is 4.87. The lowest BCUT2D eigenvalue weighted by molar-refractivity contribution is 0.0508. The molecule has 0 amide bonds. The molecule has 0 spiro atoms. The Morgan fingerprint density at radius 3 is 2.46 bits per heavy atom. The van der Waals surface area contributed by atoms with Crippen molar-refractivity contribution in [3.05, 3.63) is 29.8 Å². The van der Waals surface area contributed by atoms with Crippen LogP contribution in [0.3, 0.4) is 0 Å². The van der Waals surface area contributed by atoms with Crippen molar-refractivity contribution in [1.29, 1.82) is 0 Å². The van der Waals surface area contributed by atoms with E-state index in [0.29, 0.717) is 18.5 Å². The SMILES string of the molecule is CCC(C)OCc1ccc(O)cc1. The molecular formula is C11H16O2. The molecule has 0 aromatic heterocycles. The number of hydrogen-bond donors (Lipinski definition) is 1. The van der Waals surface area contributed by atoms with Crippen molar-refractivity contribution in [3.63, 3.8) is 0 Å². The Morgan fingerprint density at radius 2 is 1.92 bits per heavy atom. The lowest BCUT2D eigenvalue weighted by atomic mass is 10.2. The maximum Gasteiger partial charge on any atom is 0.115 e. The molecule has 1 unspecified atom stereocenters. The zero-order chi connectivity index (χ0) is 9.68. The molecule has 0 aliphatic carbocycles. The van der Waals surface area contributed by atoms with E-state index in [4.69, 9.17) is 9.84 Å². The van der Waals surface area contributed by atoms with Gasteiger partial charge in [0.25, 0.3) is 0 Å². The van der Waals surface area contributed by atoms with Gasteiger partial charge in [-0.1, -0.05) is 19.1 Å². The van der Waals surface area contributed by atoms with Crippen molar-refractivity contribution in [2.75, 3.05) is 0 Å². The Kier molecular flexibility index (Phi) is 3.77. The summed E-state index contributed by atoms with van der Waals surface area (Å²) in [5.41, 5.74) is 1.10. The number of phenols is 1. The monoisotopic (exact) mass is 180 g/mol. The van der Waals surface area contributed by atoms with Crippen LogP contribution in [0.25, 0.3) is 0 Å². The zero-order valence-electron chi connectivity index (χ0n) is 8.16. The molecule has 0 aliphatic rings. The normalized spacial score (nSPS) is 12.8. The molecule has 2 nitrogen and oxygen atoms in total. The molecule has 13 heavy (non-hydrogen) atoms. The van der Waals surface area contributed by atoms with Gasteiger partial charge in [0.1, 0.15) is 5.75 Å². The fourth-order valence-corrected chi connectivity index (χ4v) is 0.949. The Labute approximate surface area is 79.2 Å². The van der Waals surface area contributed by atoms with Crippen LogP contribution in [-0.2, 0) is 11.3 Å². The first-order valence-electron chi connectivity index (χ1n) is 4.62. The largest absolute Gasteiger partial charge is 0.508 e. The lowest BCUT2D eigenvalue weighted by Gasteiger charge is -2.10. The minimum Gasteiger partial charge on any atom is -0.508 e. The fourth-order valence-electron chi connectivity index (χ4n) is 0.949.